The lowest BCUT2D eigenvalue weighted by Crippen LogP contribution is -2.24. The number of hydroxylamine groups is 1. The molecule has 1 rings (SSSR count). The number of hydrogen-bond donors (Lipinski definition) is 1. The highest BCUT2D eigenvalue weighted by Crippen LogP contribution is 2.00. The van der Waals surface area contributed by atoms with E-state index in [2.05, 4.69) is 12.4 Å². The quantitative estimate of drug-likeness (QED) is 0.585. The summed E-state index contributed by atoms with van der Waals surface area (Å²) in [6.07, 6.45) is 2.61. The van der Waals surface area contributed by atoms with Crippen molar-refractivity contribution in [1.82, 2.24) is 5.48 Å². The van der Waals surface area contributed by atoms with Gasteiger partial charge in [-0.25, -0.2) is 4.79 Å². The molecule has 1 amide bonds. The highest BCUT2D eigenvalue weighted by Gasteiger charge is 2.01. The van der Waals surface area contributed by atoms with Crippen molar-refractivity contribution in [3.8, 4) is 0 Å². The molecule has 0 spiro atoms. The minimum atomic E-state index is -0.551. The second-order valence-corrected chi connectivity index (χ2v) is 3.72. The molecule has 0 bridgehead atoms. The first kappa shape index (κ1) is 13.5. The van der Waals surface area contributed by atoms with Crippen molar-refractivity contribution in [3.63, 3.8) is 0 Å². The Hall–Kier alpha value is -1.55. The zero-order valence-electron chi connectivity index (χ0n) is 10.1. The van der Waals surface area contributed by atoms with Crippen LogP contribution in [0.1, 0.15) is 31.7 Å². The molecule has 0 aliphatic heterocycles. The Bertz CT molecular complexity index is 314. The van der Waals surface area contributed by atoms with Gasteiger partial charge in [-0.05, 0) is 12.0 Å². The third-order valence-corrected chi connectivity index (χ3v) is 2.22. The Morgan fingerprint density at radius 1 is 1.24 bits per heavy atom. The number of benzene rings is 1. The highest BCUT2D eigenvalue weighted by molar-refractivity contribution is 5.65. The van der Waals surface area contributed by atoms with Gasteiger partial charge in [0.15, 0.2) is 0 Å². The first-order valence-electron chi connectivity index (χ1n) is 5.91. The van der Waals surface area contributed by atoms with Crippen LogP contribution in [0.5, 0.6) is 0 Å². The van der Waals surface area contributed by atoms with E-state index in [4.69, 9.17) is 9.57 Å². The number of hydrogen-bond acceptors (Lipinski definition) is 3. The average Bonchev–Trinajstić information content (AvgIpc) is 2.37. The minimum Gasteiger partial charge on any atom is -0.443 e. The van der Waals surface area contributed by atoms with E-state index in [1.807, 2.05) is 30.3 Å². The SMILES string of the molecule is CCCCCONC(=O)OCc1ccccc1. The minimum absolute atomic E-state index is 0.255. The van der Waals surface area contributed by atoms with Crippen molar-refractivity contribution in [1.29, 1.82) is 0 Å². The number of ether oxygens (including phenoxy) is 1. The van der Waals surface area contributed by atoms with Gasteiger partial charge in [-0.3, -0.25) is 4.84 Å². The molecule has 1 N–H and O–H groups in total. The van der Waals surface area contributed by atoms with Gasteiger partial charge in [0.1, 0.15) is 6.61 Å². The molecule has 0 aliphatic rings. The molecular formula is C13H19NO3. The third kappa shape index (κ3) is 6.58. The summed E-state index contributed by atoms with van der Waals surface area (Å²) in [5, 5.41) is 0. The van der Waals surface area contributed by atoms with Crippen LogP contribution in [0.3, 0.4) is 0 Å². The molecule has 0 radical (unpaired) electrons. The maximum Gasteiger partial charge on any atom is 0.431 e. The maximum atomic E-state index is 11.2. The molecule has 0 aliphatic carbocycles. The van der Waals surface area contributed by atoms with Crippen LogP contribution in [-0.2, 0) is 16.2 Å². The Kier molecular flexibility index (Phi) is 6.82. The van der Waals surface area contributed by atoms with Crippen LogP contribution in [0.25, 0.3) is 0 Å². The molecule has 0 saturated carbocycles. The van der Waals surface area contributed by atoms with Crippen LogP contribution in [0.4, 0.5) is 4.79 Å². The normalized spacial score (nSPS) is 9.94. The number of carbonyl (C=O) groups excluding carboxylic acids is 1. The summed E-state index contributed by atoms with van der Waals surface area (Å²) < 4.78 is 4.96. The second-order valence-electron chi connectivity index (χ2n) is 3.72. The third-order valence-electron chi connectivity index (χ3n) is 2.22. The largest absolute Gasteiger partial charge is 0.443 e. The van der Waals surface area contributed by atoms with E-state index < -0.39 is 6.09 Å². The van der Waals surface area contributed by atoms with E-state index in [-0.39, 0.29) is 6.61 Å². The zero-order chi connectivity index (χ0) is 12.3. The van der Waals surface area contributed by atoms with Crippen LogP contribution in [-0.4, -0.2) is 12.7 Å². The number of unbranched alkanes of at least 4 members (excludes halogenated alkanes) is 2. The van der Waals surface area contributed by atoms with E-state index in [0.717, 1.165) is 24.8 Å². The molecule has 0 atom stereocenters. The molecule has 0 fully saturated rings. The lowest BCUT2D eigenvalue weighted by atomic mass is 10.2. The lowest BCUT2D eigenvalue weighted by Gasteiger charge is -2.06. The topological polar surface area (TPSA) is 47.6 Å². The summed E-state index contributed by atoms with van der Waals surface area (Å²) in [4.78, 5) is 16.2. The van der Waals surface area contributed by atoms with Crippen molar-refractivity contribution in [2.45, 2.75) is 32.8 Å². The molecule has 0 saturated heterocycles. The first-order valence-corrected chi connectivity index (χ1v) is 5.91. The number of nitrogens with one attached hydrogen (secondary N) is 1. The molecule has 94 valence electrons. The predicted molar refractivity (Wildman–Crippen MR) is 65.2 cm³/mol. The standard InChI is InChI=1S/C13H19NO3/c1-2-3-7-10-17-14-13(15)16-11-12-8-5-4-6-9-12/h4-6,8-9H,2-3,7,10-11H2,1H3,(H,14,15). The molecule has 0 aromatic heterocycles. The smallest absolute Gasteiger partial charge is 0.431 e. The lowest BCUT2D eigenvalue weighted by molar-refractivity contribution is 0.0238. The van der Waals surface area contributed by atoms with Gasteiger partial charge >= 0.3 is 6.09 Å². The fraction of sp³-hybridized carbons (Fsp3) is 0.462. The fourth-order valence-corrected chi connectivity index (χ4v) is 1.29. The van der Waals surface area contributed by atoms with Crippen molar-refractivity contribution >= 4 is 6.09 Å². The van der Waals surface area contributed by atoms with Gasteiger partial charge in [-0.1, -0.05) is 50.1 Å². The van der Waals surface area contributed by atoms with E-state index in [1.165, 1.54) is 0 Å². The molecule has 0 unspecified atom stereocenters. The van der Waals surface area contributed by atoms with Crippen molar-refractivity contribution < 1.29 is 14.4 Å². The van der Waals surface area contributed by atoms with Crippen LogP contribution in [0.15, 0.2) is 30.3 Å². The molecule has 0 heterocycles. The molecular weight excluding hydrogens is 218 g/mol. The van der Waals surface area contributed by atoms with E-state index in [0.29, 0.717) is 6.61 Å². The van der Waals surface area contributed by atoms with Gasteiger partial charge in [0, 0.05) is 0 Å². The van der Waals surface area contributed by atoms with Crippen LogP contribution in [0.2, 0.25) is 0 Å². The van der Waals surface area contributed by atoms with Gasteiger partial charge in [0.05, 0.1) is 6.61 Å². The van der Waals surface area contributed by atoms with Gasteiger partial charge in [-0.15, -0.1) is 0 Å². The summed E-state index contributed by atoms with van der Waals surface area (Å²) in [5.41, 5.74) is 3.20. The summed E-state index contributed by atoms with van der Waals surface area (Å²) in [5.74, 6) is 0. The Morgan fingerprint density at radius 2 is 2.00 bits per heavy atom. The summed E-state index contributed by atoms with van der Waals surface area (Å²) >= 11 is 0. The zero-order valence-corrected chi connectivity index (χ0v) is 10.1. The molecule has 4 heteroatoms. The monoisotopic (exact) mass is 237 g/mol. The summed E-state index contributed by atoms with van der Waals surface area (Å²) in [7, 11) is 0. The summed E-state index contributed by atoms with van der Waals surface area (Å²) in [6, 6.07) is 9.51. The van der Waals surface area contributed by atoms with E-state index in [1.54, 1.807) is 0 Å². The molecule has 17 heavy (non-hydrogen) atoms. The molecule has 1 aromatic rings. The first-order chi connectivity index (χ1) is 8.33. The molecule has 1 aromatic carbocycles. The highest BCUT2D eigenvalue weighted by atomic mass is 16.7. The maximum absolute atomic E-state index is 11.2. The van der Waals surface area contributed by atoms with Crippen molar-refractivity contribution in [2.75, 3.05) is 6.61 Å². The summed E-state index contributed by atoms with van der Waals surface area (Å²) in [6.45, 7) is 2.89. The van der Waals surface area contributed by atoms with Crippen LogP contribution < -0.4 is 5.48 Å². The van der Waals surface area contributed by atoms with Crippen LogP contribution in [0, 0.1) is 0 Å². The second kappa shape index (κ2) is 8.58. The van der Waals surface area contributed by atoms with Gasteiger partial charge in [0.25, 0.3) is 0 Å². The average molecular weight is 237 g/mol. The Labute approximate surface area is 102 Å². The fourth-order valence-electron chi connectivity index (χ4n) is 1.29. The predicted octanol–water partition coefficient (Wildman–Crippen LogP) is 3.03. The van der Waals surface area contributed by atoms with E-state index >= 15 is 0 Å². The van der Waals surface area contributed by atoms with Gasteiger partial charge in [-0.2, -0.15) is 5.48 Å². The number of rotatable bonds is 7. The Balaban J connectivity index is 2.05. The van der Waals surface area contributed by atoms with Gasteiger partial charge in [0.2, 0.25) is 0 Å². The molecule has 4 nitrogen and oxygen atoms in total. The van der Waals surface area contributed by atoms with E-state index in [9.17, 15) is 4.79 Å². The Morgan fingerprint density at radius 3 is 2.71 bits per heavy atom. The number of carbonyl (C=O) groups is 1. The van der Waals surface area contributed by atoms with Crippen molar-refractivity contribution in [3.05, 3.63) is 35.9 Å². The van der Waals surface area contributed by atoms with Crippen LogP contribution >= 0.6 is 0 Å². The van der Waals surface area contributed by atoms with Crippen molar-refractivity contribution in [2.24, 2.45) is 0 Å². The van der Waals surface area contributed by atoms with Gasteiger partial charge < -0.3 is 4.74 Å². The number of amides is 1.